The minimum Gasteiger partial charge on any atom is -0.310 e. The predicted molar refractivity (Wildman–Crippen MR) is 75.9 cm³/mol. The average molecular weight is 271 g/mol. The van der Waals surface area contributed by atoms with E-state index in [9.17, 15) is 4.39 Å². The molecule has 1 aliphatic carbocycles. The van der Waals surface area contributed by atoms with Crippen molar-refractivity contribution >= 4 is 0 Å². The van der Waals surface area contributed by atoms with E-state index in [1.165, 1.54) is 11.8 Å². The number of fused-ring (bicyclic) bond motifs is 1. The highest BCUT2D eigenvalue weighted by Crippen LogP contribution is 2.40. The number of nitrogens with zero attached hydrogens (tertiary/aromatic N) is 2. The van der Waals surface area contributed by atoms with Gasteiger partial charge in [0.15, 0.2) is 0 Å². The molecule has 104 valence electrons. The van der Waals surface area contributed by atoms with Crippen molar-refractivity contribution in [2.75, 3.05) is 6.54 Å². The molecule has 20 heavy (non-hydrogen) atoms. The van der Waals surface area contributed by atoms with Crippen LogP contribution in [0.4, 0.5) is 4.39 Å². The van der Waals surface area contributed by atoms with E-state index in [1.54, 1.807) is 12.3 Å². The van der Waals surface area contributed by atoms with Crippen molar-refractivity contribution in [1.82, 2.24) is 15.3 Å². The normalized spacial score (nSPS) is 18.8. The molecular weight excluding hydrogens is 253 g/mol. The first kappa shape index (κ1) is 13.2. The van der Waals surface area contributed by atoms with E-state index < -0.39 is 0 Å². The third kappa shape index (κ3) is 2.43. The first-order valence-corrected chi connectivity index (χ1v) is 7.07. The van der Waals surface area contributed by atoms with Gasteiger partial charge in [-0.2, -0.15) is 0 Å². The molecule has 2 heterocycles. The second-order valence-corrected chi connectivity index (χ2v) is 5.16. The van der Waals surface area contributed by atoms with Gasteiger partial charge < -0.3 is 5.32 Å². The monoisotopic (exact) mass is 271 g/mol. The van der Waals surface area contributed by atoms with Crippen LogP contribution in [0.5, 0.6) is 0 Å². The van der Waals surface area contributed by atoms with Gasteiger partial charge >= 0.3 is 0 Å². The van der Waals surface area contributed by atoms with Crippen LogP contribution >= 0.6 is 0 Å². The van der Waals surface area contributed by atoms with Gasteiger partial charge in [0.05, 0.1) is 6.20 Å². The molecule has 0 amide bonds. The summed E-state index contributed by atoms with van der Waals surface area (Å²) in [5.41, 5.74) is 3.35. The number of hydrogen-bond acceptors (Lipinski definition) is 3. The van der Waals surface area contributed by atoms with E-state index in [2.05, 4.69) is 28.3 Å². The van der Waals surface area contributed by atoms with E-state index in [4.69, 9.17) is 0 Å². The van der Waals surface area contributed by atoms with Crippen molar-refractivity contribution < 1.29 is 4.39 Å². The predicted octanol–water partition coefficient (Wildman–Crippen LogP) is 3.00. The second kappa shape index (κ2) is 5.67. The summed E-state index contributed by atoms with van der Waals surface area (Å²) in [6.45, 7) is 2.90. The van der Waals surface area contributed by atoms with Crippen molar-refractivity contribution in [2.24, 2.45) is 0 Å². The number of pyridine rings is 2. The van der Waals surface area contributed by atoms with Crippen LogP contribution in [0, 0.1) is 5.82 Å². The van der Waals surface area contributed by atoms with Gasteiger partial charge in [-0.3, -0.25) is 9.97 Å². The fourth-order valence-electron chi connectivity index (χ4n) is 3.08. The van der Waals surface area contributed by atoms with Crippen LogP contribution in [0.15, 0.2) is 36.8 Å². The molecule has 0 spiro atoms. The molecule has 0 bridgehead atoms. The summed E-state index contributed by atoms with van der Waals surface area (Å²) in [5, 5.41) is 3.46. The molecule has 2 unspecified atom stereocenters. The first-order chi connectivity index (χ1) is 9.79. The van der Waals surface area contributed by atoms with E-state index in [0.29, 0.717) is 0 Å². The van der Waals surface area contributed by atoms with E-state index >= 15 is 0 Å². The van der Waals surface area contributed by atoms with Crippen molar-refractivity contribution in [2.45, 2.75) is 31.7 Å². The zero-order chi connectivity index (χ0) is 13.9. The molecule has 3 rings (SSSR count). The lowest BCUT2D eigenvalue weighted by Gasteiger charge is -2.24. The smallest absolute Gasteiger partial charge is 0.141 e. The Hall–Kier alpha value is -1.81. The largest absolute Gasteiger partial charge is 0.310 e. The van der Waals surface area contributed by atoms with Crippen LogP contribution in [0.1, 0.15) is 42.1 Å². The molecule has 0 fully saturated rings. The lowest BCUT2D eigenvalue weighted by molar-refractivity contribution is 0.443. The van der Waals surface area contributed by atoms with Gasteiger partial charge in [-0.15, -0.1) is 0 Å². The van der Waals surface area contributed by atoms with Crippen LogP contribution in [0.2, 0.25) is 0 Å². The maximum absolute atomic E-state index is 13.4. The molecule has 4 heteroatoms. The van der Waals surface area contributed by atoms with E-state index in [0.717, 1.165) is 30.6 Å². The lowest BCUT2D eigenvalue weighted by atomic mass is 9.91. The topological polar surface area (TPSA) is 37.8 Å². The van der Waals surface area contributed by atoms with Gasteiger partial charge in [0.2, 0.25) is 0 Å². The molecule has 0 saturated carbocycles. The van der Waals surface area contributed by atoms with Crippen LogP contribution in [0.25, 0.3) is 0 Å². The SMILES string of the molecule is CCNC(c1cncc(F)c1)C1CCc2cccnc21. The van der Waals surface area contributed by atoms with Gasteiger partial charge in [0.1, 0.15) is 5.82 Å². The quantitative estimate of drug-likeness (QED) is 0.929. The van der Waals surface area contributed by atoms with Gasteiger partial charge in [0, 0.05) is 30.0 Å². The Kier molecular flexibility index (Phi) is 3.74. The number of likely N-dealkylation sites (N-methyl/N-ethyl adjacent to an activating group) is 1. The molecule has 2 aromatic heterocycles. The van der Waals surface area contributed by atoms with E-state index in [-0.39, 0.29) is 17.8 Å². The molecule has 0 aromatic carbocycles. The van der Waals surface area contributed by atoms with Crippen LogP contribution in [-0.4, -0.2) is 16.5 Å². The van der Waals surface area contributed by atoms with Gasteiger partial charge in [-0.1, -0.05) is 13.0 Å². The number of hydrogen-bond donors (Lipinski definition) is 1. The molecule has 3 nitrogen and oxygen atoms in total. The summed E-state index contributed by atoms with van der Waals surface area (Å²) < 4.78 is 13.4. The number of aryl methyl sites for hydroxylation is 1. The summed E-state index contributed by atoms with van der Waals surface area (Å²) >= 11 is 0. The Labute approximate surface area is 118 Å². The number of rotatable bonds is 4. The molecule has 0 radical (unpaired) electrons. The summed E-state index contributed by atoms with van der Waals surface area (Å²) in [6.07, 6.45) is 6.91. The third-order valence-corrected chi connectivity index (χ3v) is 3.91. The Morgan fingerprint density at radius 1 is 1.45 bits per heavy atom. The summed E-state index contributed by atoms with van der Waals surface area (Å²) in [5.74, 6) is -0.000561. The molecule has 0 aliphatic heterocycles. The fraction of sp³-hybridized carbons (Fsp3) is 0.375. The van der Waals surface area contributed by atoms with Crippen molar-refractivity contribution in [3.05, 3.63) is 59.4 Å². The van der Waals surface area contributed by atoms with Crippen molar-refractivity contribution in [3.8, 4) is 0 Å². The standard InChI is InChI=1S/C16H18FN3/c1-2-19-16(12-8-13(17)10-18-9-12)14-6-5-11-4-3-7-20-15(11)14/h3-4,7-10,14,16,19H,2,5-6H2,1H3. The number of nitrogens with one attached hydrogen (secondary N) is 1. The van der Waals surface area contributed by atoms with Crippen LogP contribution in [-0.2, 0) is 6.42 Å². The number of halogens is 1. The Balaban J connectivity index is 1.96. The number of aromatic nitrogens is 2. The third-order valence-electron chi connectivity index (χ3n) is 3.91. The zero-order valence-electron chi connectivity index (χ0n) is 11.5. The van der Waals surface area contributed by atoms with E-state index in [1.807, 2.05) is 12.3 Å². The van der Waals surface area contributed by atoms with Crippen molar-refractivity contribution in [3.63, 3.8) is 0 Å². The molecule has 1 aliphatic rings. The molecule has 1 N–H and O–H groups in total. The summed E-state index contributed by atoms with van der Waals surface area (Å²) in [4.78, 5) is 8.52. The summed E-state index contributed by atoms with van der Waals surface area (Å²) in [7, 11) is 0. The highest BCUT2D eigenvalue weighted by molar-refractivity contribution is 5.33. The molecule has 2 aromatic rings. The second-order valence-electron chi connectivity index (χ2n) is 5.16. The minimum atomic E-state index is -0.287. The highest BCUT2D eigenvalue weighted by atomic mass is 19.1. The Morgan fingerprint density at radius 2 is 2.35 bits per heavy atom. The minimum absolute atomic E-state index is 0.0688. The van der Waals surface area contributed by atoms with Gasteiger partial charge in [0.25, 0.3) is 0 Å². The first-order valence-electron chi connectivity index (χ1n) is 7.07. The summed E-state index contributed by atoms with van der Waals surface area (Å²) in [6, 6.07) is 5.75. The van der Waals surface area contributed by atoms with Crippen LogP contribution < -0.4 is 5.32 Å². The lowest BCUT2D eigenvalue weighted by Crippen LogP contribution is -2.26. The van der Waals surface area contributed by atoms with Gasteiger partial charge in [-0.25, -0.2) is 4.39 Å². The van der Waals surface area contributed by atoms with Crippen LogP contribution in [0.3, 0.4) is 0 Å². The molecule has 0 saturated heterocycles. The Bertz CT molecular complexity index is 600. The molecular formula is C16H18FN3. The average Bonchev–Trinajstić information content (AvgIpc) is 2.88. The Morgan fingerprint density at radius 3 is 3.15 bits per heavy atom. The maximum atomic E-state index is 13.4. The highest BCUT2D eigenvalue weighted by Gasteiger charge is 2.31. The van der Waals surface area contributed by atoms with Crippen molar-refractivity contribution in [1.29, 1.82) is 0 Å². The fourth-order valence-corrected chi connectivity index (χ4v) is 3.08. The van der Waals surface area contributed by atoms with Gasteiger partial charge in [-0.05, 0) is 42.6 Å². The zero-order valence-corrected chi connectivity index (χ0v) is 11.5. The maximum Gasteiger partial charge on any atom is 0.141 e. The molecule has 2 atom stereocenters.